The zero-order valence-corrected chi connectivity index (χ0v) is 18.1. The summed E-state index contributed by atoms with van der Waals surface area (Å²) in [6, 6.07) is 14.9. The number of H-pyrrole nitrogens is 1. The van der Waals surface area contributed by atoms with Crippen LogP contribution in [0.5, 0.6) is 5.75 Å². The number of benzene rings is 2. The van der Waals surface area contributed by atoms with Crippen LogP contribution in [0.15, 0.2) is 59.5 Å². The predicted octanol–water partition coefficient (Wildman–Crippen LogP) is 2.09. The summed E-state index contributed by atoms with van der Waals surface area (Å²) < 4.78 is 32.7. The summed E-state index contributed by atoms with van der Waals surface area (Å²) in [7, 11) is -3.73. The lowest BCUT2D eigenvalue weighted by atomic mass is 10.1. The standard InChI is InChI=1S/C21H25N5O4S/c1-3-30-17-9-11-18(12-10-17)31(28,29)22-14-13-19(27)24-20(16-7-5-4-6-8-16)21-23-15(2)25-26-21/h4-12,20,22H,3,13-14H2,1-2H3,(H,24,27)(H,23,25,26). The molecule has 31 heavy (non-hydrogen) atoms. The molecule has 0 spiro atoms. The monoisotopic (exact) mass is 443 g/mol. The molecule has 9 nitrogen and oxygen atoms in total. The normalized spacial score (nSPS) is 12.3. The summed E-state index contributed by atoms with van der Waals surface area (Å²) in [6.45, 7) is 4.08. The van der Waals surface area contributed by atoms with Crippen molar-refractivity contribution in [3.05, 3.63) is 71.8 Å². The number of carbonyl (C=O) groups is 1. The highest BCUT2D eigenvalue weighted by molar-refractivity contribution is 7.89. The molecule has 0 saturated heterocycles. The van der Waals surface area contributed by atoms with E-state index in [2.05, 4.69) is 25.2 Å². The maximum Gasteiger partial charge on any atom is 0.240 e. The molecule has 0 aliphatic heterocycles. The van der Waals surface area contributed by atoms with E-state index in [-0.39, 0.29) is 23.8 Å². The SMILES string of the molecule is CCOc1ccc(S(=O)(=O)NCCC(=O)NC(c2ccccc2)c2n[nH]c(C)n2)cc1. The summed E-state index contributed by atoms with van der Waals surface area (Å²) in [4.78, 5) is 16.9. The van der Waals surface area contributed by atoms with Crippen LogP contribution in [0.1, 0.15) is 36.6 Å². The number of aryl methyl sites for hydroxylation is 1. The Morgan fingerprint density at radius 2 is 1.84 bits per heavy atom. The maximum absolute atomic E-state index is 12.5. The molecule has 0 aliphatic carbocycles. The van der Waals surface area contributed by atoms with Crippen LogP contribution in [0.25, 0.3) is 0 Å². The van der Waals surface area contributed by atoms with Crippen molar-refractivity contribution in [2.24, 2.45) is 0 Å². The van der Waals surface area contributed by atoms with Gasteiger partial charge >= 0.3 is 0 Å². The average Bonchev–Trinajstić information content (AvgIpc) is 3.19. The molecule has 1 unspecified atom stereocenters. The number of amides is 1. The molecule has 1 heterocycles. The molecule has 1 amide bonds. The Kier molecular flexibility index (Phi) is 7.37. The minimum Gasteiger partial charge on any atom is -0.494 e. The van der Waals surface area contributed by atoms with Gasteiger partial charge in [-0.1, -0.05) is 30.3 Å². The van der Waals surface area contributed by atoms with Gasteiger partial charge in [-0.2, -0.15) is 5.10 Å². The molecule has 0 radical (unpaired) electrons. The predicted molar refractivity (Wildman–Crippen MR) is 115 cm³/mol. The number of aromatic amines is 1. The van der Waals surface area contributed by atoms with Crippen LogP contribution in [-0.4, -0.2) is 42.7 Å². The van der Waals surface area contributed by atoms with Crippen molar-refractivity contribution in [2.75, 3.05) is 13.2 Å². The molecular formula is C21H25N5O4S. The van der Waals surface area contributed by atoms with Gasteiger partial charge in [0, 0.05) is 13.0 Å². The van der Waals surface area contributed by atoms with Gasteiger partial charge in [0.05, 0.1) is 11.5 Å². The summed E-state index contributed by atoms with van der Waals surface area (Å²) in [5.41, 5.74) is 0.824. The van der Waals surface area contributed by atoms with Crippen LogP contribution in [0.2, 0.25) is 0 Å². The lowest BCUT2D eigenvalue weighted by molar-refractivity contribution is -0.121. The molecule has 1 aromatic heterocycles. The van der Waals surface area contributed by atoms with Crippen LogP contribution in [0.3, 0.4) is 0 Å². The second-order valence-corrected chi connectivity index (χ2v) is 8.51. The second kappa shape index (κ2) is 10.2. The number of hydrogen-bond donors (Lipinski definition) is 3. The van der Waals surface area contributed by atoms with Gasteiger partial charge < -0.3 is 10.1 Å². The van der Waals surface area contributed by atoms with E-state index in [1.807, 2.05) is 37.3 Å². The Morgan fingerprint density at radius 3 is 2.45 bits per heavy atom. The third kappa shape index (κ3) is 6.12. The topological polar surface area (TPSA) is 126 Å². The van der Waals surface area contributed by atoms with Crippen LogP contribution in [-0.2, 0) is 14.8 Å². The number of sulfonamides is 1. The number of rotatable bonds is 10. The third-order valence-corrected chi connectivity index (χ3v) is 5.88. The minimum absolute atomic E-state index is 0.0387. The molecule has 0 fully saturated rings. The Bertz CT molecular complexity index is 1100. The van der Waals surface area contributed by atoms with Crippen LogP contribution in [0.4, 0.5) is 0 Å². The van der Waals surface area contributed by atoms with E-state index in [0.717, 1.165) is 5.56 Å². The van der Waals surface area contributed by atoms with E-state index in [0.29, 0.717) is 24.0 Å². The van der Waals surface area contributed by atoms with Gasteiger partial charge in [-0.3, -0.25) is 9.89 Å². The van der Waals surface area contributed by atoms with Crippen molar-refractivity contribution in [2.45, 2.75) is 31.2 Å². The van der Waals surface area contributed by atoms with Crippen molar-refractivity contribution < 1.29 is 17.9 Å². The highest BCUT2D eigenvalue weighted by Crippen LogP contribution is 2.19. The average molecular weight is 444 g/mol. The van der Waals surface area contributed by atoms with Gasteiger partial charge in [-0.15, -0.1) is 0 Å². The van der Waals surface area contributed by atoms with Gasteiger partial charge in [0.1, 0.15) is 17.6 Å². The van der Waals surface area contributed by atoms with Gasteiger partial charge in [-0.25, -0.2) is 18.1 Å². The highest BCUT2D eigenvalue weighted by atomic mass is 32.2. The van der Waals surface area contributed by atoms with Crippen molar-refractivity contribution in [1.29, 1.82) is 0 Å². The lowest BCUT2D eigenvalue weighted by Gasteiger charge is -2.16. The Hall–Kier alpha value is -3.24. The largest absolute Gasteiger partial charge is 0.494 e. The van der Waals surface area contributed by atoms with E-state index >= 15 is 0 Å². The number of aromatic nitrogens is 3. The molecule has 0 saturated carbocycles. The van der Waals surface area contributed by atoms with E-state index in [9.17, 15) is 13.2 Å². The van der Waals surface area contributed by atoms with E-state index in [4.69, 9.17) is 4.74 Å². The zero-order valence-electron chi connectivity index (χ0n) is 17.3. The fourth-order valence-corrected chi connectivity index (χ4v) is 3.96. The van der Waals surface area contributed by atoms with Crippen molar-refractivity contribution in [1.82, 2.24) is 25.2 Å². The first-order chi connectivity index (χ1) is 14.9. The highest BCUT2D eigenvalue weighted by Gasteiger charge is 2.21. The van der Waals surface area contributed by atoms with E-state index in [1.54, 1.807) is 19.1 Å². The first-order valence-electron chi connectivity index (χ1n) is 9.85. The smallest absolute Gasteiger partial charge is 0.240 e. The number of nitrogens with zero attached hydrogens (tertiary/aromatic N) is 2. The van der Waals surface area contributed by atoms with Crippen LogP contribution < -0.4 is 14.8 Å². The molecule has 0 aliphatic rings. The lowest BCUT2D eigenvalue weighted by Crippen LogP contribution is -2.33. The molecule has 2 aromatic carbocycles. The number of ether oxygens (including phenoxy) is 1. The van der Waals surface area contributed by atoms with Crippen molar-refractivity contribution >= 4 is 15.9 Å². The summed E-state index contributed by atoms with van der Waals surface area (Å²) in [5.74, 6) is 1.33. The number of hydrogen-bond acceptors (Lipinski definition) is 6. The minimum atomic E-state index is -3.73. The molecule has 3 aromatic rings. The molecular weight excluding hydrogens is 418 g/mol. The fraction of sp³-hybridized carbons (Fsp3) is 0.286. The Balaban J connectivity index is 1.60. The summed E-state index contributed by atoms with van der Waals surface area (Å²) in [6.07, 6.45) is -0.0387. The number of carbonyl (C=O) groups excluding carboxylic acids is 1. The molecule has 0 bridgehead atoms. The summed E-state index contributed by atoms with van der Waals surface area (Å²) >= 11 is 0. The molecule has 3 N–H and O–H groups in total. The second-order valence-electron chi connectivity index (χ2n) is 6.74. The van der Waals surface area contributed by atoms with Crippen LogP contribution >= 0.6 is 0 Å². The molecule has 3 rings (SSSR count). The van der Waals surface area contributed by atoms with Gasteiger partial charge in [0.25, 0.3) is 0 Å². The van der Waals surface area contributed by atoms with Gasteiger partial charge in [0.15, 0.2) is 5.82 Å². The molecule has 10 heteroatoms. The quantitative estimate of drug-likeness (QED) is 0.440. The molecule has 1 atom stereocenters. The van der Waals surface area contributed by atoms with Gasteiger partial charge in [0.2, 0.25) is 15.9 Å². The zero-order chi connectivity index (χ0) is 22.3. The van der Waals surface area contributed by atoms with Crippen LogP contribution in [0, 0.1) is 6.92 Å². The van der Waals surface area contributed by atoms with E-state index in [1.165, 1.54) is 12.1 Å². The third-order valence-electron chi connectivity index (χ3n) is 4.40. The Morgan fingerprint density at radius 1 is 1.13 bits per heavy atom. The first-order valence-corrected chi connectivity index (χ1v) is 11.3. The van der Waals surface area contributed by atoms with E-state index < -0.39 is 16.1 Å². The first kappa shape index (κ1) is 22.4. The number of nitrogens with one attached hydrogen (secondary N) is 3. The fourth-order valence-electron chi connectivity index (χ4n) is 2.93. The van der Waals surface area contributed by atoms with Crippen molar-refractivity contribution in [3.63, 3.8) is 0 Å². The molecule has 164 valence electrons. The van der Waals surface area contributed by atoms with Crippen molar-refractivity contribution in [3.8, 4) is 5.75 Å². The Labute approximate surface area is 181 Å². The summed E-state index contributed by atoms with van der Waals surface area (Å²) in [5, 5.41) is 9.80. The maximum atomic E-state index is 12.5. The van der Waals surface area contributed by atoms with Gasteiger partial charge in [-0.05, 0) is 43.7 Å².